The molecule has 1 amide bonds. The minimum absolute atomic E-state index is 0.0938. The van der Waals surface area contributed by atoms with Gasteiger partial charge in [0.1, 0.15) is 17.3 Å². The van der Waals surface area contributed by atoms with Gasteiger partial charge in [0.15, 0.2) is 0 Å². The summed E-state index contributed by atoms with van der Waals surface area (Å²) in [6.07, 6.45) is 3.70. The zero-order valence-corrected chi connectivity index (χ0v) is 13.6. The Morgan fingerprint density at radius 2 is 2.21 bits per heavy atom. The maximum atomic E-state index is 12.4. The molecule has 1 aromatic heterocycles. The number of aromatic carboxylic acids is 1. The Morgan fingerprint density at radius 1 is 1.42 bits per heavy atom. The monoisotopic (exact) mass is 329 g/mol. The molecule has 1 aliphatic rings. The number of carbonyl (C=O) groups is 2. The Labute approximate surface area is 139 Å². The number of carbonyl (C=O) groups excluding carboxylic acids is 1. The lowest BCUT2D eigenvalue weighted by Crippen LogP contribution is -2.16. The molecular weight excluding hydrogens is 310 g/mol. The van der Waals surface area contributed by atoms with Crippen molar-refractivity contribution < 1.29 is 19.4 Å². The summed E-state index contributed by atoms with van der Waals surface area (Å²) < 4.78 is 7.18. The fourth-order valence-corrected chi connectivity index (χ4v) is 2.81. The van der Waals surface area contributed by atoms with Crippen LogP contribution in [0.15, 0.2) is 24.4 Å². The van der Waals surface area contributed by atoms with Crippen LogP contribution in [0.1, 0.15) is 40.0 Å². The number of amides is 1. The second-order valence-corrected chi connectivity index (χ2v) is 6.01. The molecule has 126 valence electrons. The summed E-state index contributed by atoms with van der Waals surface area (Å²) >= 11 is 0. The third-order valence-electron chi connectivity index (χ3n) is 4.18. The first kappa shape index (κ1) is 16.0. The Bertz CT molecular complexity index is 797. The van der Waals surface area contributed by atoms with E-state index in [-0.39, 0.29) is 11.5 Å². The average Bonchev–Trinajstić information content (AvgIpc) is 2.98. The van der Waals surface area contributed by atoms with Crippen LogP contribution in [0.3, 0.4) is 0 Å². The fraction of sp³-hybridized carbons (Fsp3) is 0.353. The van der Waals surface area contributed by atoms with Crippen molar-refractivity contribution in [1.82, 2.24) is 9.55 Å². The van der Waals surface area contributed by atoms with Gasteiger partial charge in [-0.05, 0) is 30.5 Å². The zero-order chi connectivity index (χ0) is 17.3. The number of ether oxygens (including phenoxy) is 1. The maximum absolute atomic E-state index is 12.4. The van der Waals surface area contributed by atoms with Crippen LogP contribution in [0.4, 0.5) is 5.69 Å². The van der Waals surface area contributed by atoms with Crippen molar-refractivity contribution in [1.29, 1.82) is 0 Å². The summed E-state index contributed by atoms with van der Waals surface area (Å²) in [4.78, 5) is 27.9. The highest BCUT2D eigenvalue weighted by Gasteiger charge is 2.21. The van der Waals surface area contributed by atoms with E-state index in [9.17, 15) is 9.59 Å². The van der Waals surface area contributed by atoms with Gasteiger partial charge in [-0.2, -0.15) is 0 Å². The molecule has 1 aliphatic heterocycles. The van der Waals surface area contributed by atoms with Crippen LogP contribution in [-0.4, -0.2) is 33.6 Å². The highest BCUT2D eigenvalue weighted by Crippen LogP contribution is 2.26. The topological polar surface area (TPSA) is 93.5 Å². The summed E-state index contributed by atoms with van der Waals surface area (Å²) in [6, 6.07) is 4.30. The third-order valence-corrected chi connectivity index (χ3v) is 4.18. The molecule has 1 unspecified atom stereocenters. The van der Waals surface area contributed by atoms with Crippen molar-refractivity contribution in [2.75, 3.05) is 12.4 Å². The first-order chi connectivity index (χ1) is 11.5. The van der Waals surface area contributed by atoms with E-state index in [1.54, 1.807) is 6.20 Å². The second-order valence-electron chi connectivity index (χ2n) is 6.01. The number of nitrogens with zero attached hydrogens (tertiary/aromatic N) is 2. The van der Waals surface area contributed by atoms with E-state index in [1.807, 2.05) is 4.57 Å². The van der Waals surface area contributed by atoms with Crippen LogP contribution in [0, 0.1) is 5.92 Å². The van der Waals surface area contributed by atoms with Gasteiger partial charge >= 0.3 is 5.97 Å². The zero-order valence-electron chi connectivity index (χ0n) is 13.6. The lowest BCUT2D eigenvalue weighted by molar-refractivity contribution is 0.0696. The summed E-state index contributed by atoms with van der Waals surface area (Å²) in [6.45, 7) is 3.04. The number of fused-ring (bicyclic) bond motifs is 1. The van der Waals surface area contributed by atoms with Gasteiger partial charge in [0.2, 0.25) is 0 Å². The van der Waals surface area contributed by atoms with Crippen molar-refractivity contribution in [3.05, 3.63) is 41.5 Å². The third kappa shape index (κ3) is 3.10. The van der Waals surface area contributed by atoms with Gasteiger partial charge in [0.25, 0.3) is 5.91 Å². The number of methoxy groups -OCH3 is 1. The van der Waals surface area contributed by atoms with Crippen LogP contribution in [-0.2, 0) is 13.0 Å². The number of benzene rings is 1. The number of aryl methyl sites for hydroxylation is 1. The fourth-order valence-electron chi connectivity index (χ4n) is 2.81. The number of hydrogen-bond acceptors (Lipinski definition) is 4. The molecule has 1 aromatic carbocycles. The molecule has 0 radical (unpaired) electrons. The van der Waals surface area contributed by atoms with E-state index >= 15 is 0 Å². The Hall–Kier alpha value is -2.83. The van der Waals surface area contributed by atoms with Crippen LogP contribution in [0.25, 0.3) is 0 Å². The molecule has 2 heterocycles. The summed E-state index contributed by atoms with van der Waals surface area (Å²) in [5, 5.41) is 11.7. The quantitative estimate of drug-likeness (QED) is 0.898. The van der Waals surface area contributed by atoms with Crippen LogP contribution < -0.4 is 10.1 Å². The molecule has 7 heteroatoms. The number of anilines is 1. The molecule has 1 atom stereocenters. The molecule has 0 aliphatic carbocycles. The minimum Gasteiger partial charge on any atom is -0.495 e. The van der Waals surface area contributed by atoms with E-state index in [0.29, 0.717) is 23.0 Å². The van der Waals surface area contributed by atoms with Crippen molar-refractivity contribution in [2.24, 2.45) is 5.92 Å². The highest BCUT2D eigenvalue weighted by atomic mass is 16.5. The largest absolute Gasteiger partial charge is 0.495 e. The Morgan fingerprint density at radius 3 is 2.92 bits per heavy atom. The second kappa shape index (κ2) is 6.35. The molecule has 0 fully saturated rings. The van der Waals surface area contributed by atoms with Gasteiger partial charge in [-0.3, -0.25) is 4.79 Å². The SMILES string of the molecule is COc1cc(C(=O)O)ccc1NC(=O)c1cn2c(n1)CC(C)CC2. The average molecular weight is 329 g/mol. The van der Waals surface area contributed by atoms with E-state index < -0.39 is 5.97 Å². The number of carboxylic acids is 1. The Balaban J connectivity index is 1.81. The molecule has 3 rings (SSSR count). The molecule has 2 N–H and O–H groups in total. The highest BCUT2D eigenvalue weighted by molar-refractivity contribution is 6.04. The predicted octanol–water partition coefficient (Wildman–Crippen LogP) is 2.42. The predicted molar refractivity (Wildman–Crippen MR) is 87.6 cm³/mol. The van der Waals surface area contributed by atoms with Gasteiger partial charge in [-0.1, -0.05) is 6.92 Å². The van der Waals surface area contributed by atoms with Gasteiger partial charge < -0.3 is 19.7 Å². The molecule has 2 aromatic rings. The Kier molecular flexibility index (Phi) is 4.24. The summed E-state index contributed by atoms with van der Waals surface area (Å²) in [5.74, 6) is 0.389. The molecule has 0 saturated heterocycles. The van der Waals surface area contributed by atoms with Gasteiger partial charge in [-0.25, -0.2) is 9.78 Å². The van der Waals surface area contributed by atoms with Crippen molar-refractivity contribution >= 4 is 17.6 Å². The van der Waals surface area contributed by atoms with Gasteiger partial charge in [0, 0.05) is 19.2 Å². The lowest BCUT2D eigenvalue weighted by Gasteiger charge is -2.18. The van der Waals surface area contributed by atoms with Crippen LogP contribution in [0.2, 0.25) is 0 Å². The maximum Gasteiger partial charge on any atom is 0.335 e. The van der Waals surface area contributed by atoms with Crippen molar-refractivity contribution in [3.8, 4) is 5.75 Å². The standard InChI is InChI=1S/C17H19N3O4/c1-10-5-6-20-9-13(18-15(20)7-10)16(21)19-12-4-3-11(17(22)23)8-14(12)24-2/h3-4,8-10H,5-7H2,1-2H3,(H,19,21)(H,22,23). The number of aromatic nitrogens is 2. The van der Waals surface area contributed by atoms with Gasteiger partial charge in [0.05, 0.1) is 18.4 Å². The molecule has 0 saturated carbocycles. The van der Waals surface area contributed by atoms with E-state index in [0.717, 1.165) is 25.2 Å². The number of nitrogens with one attached hydrogen (secondary N) is 1. The van der Waals surface area contributed by atoms with Crippen LogP contribution >= 0.6 is 0 Å². The first-order valence-corrected chi connectivity index (χ1v) is 7.76. The van der Waals surface area contributed by atoms with E-state index in [4.69, 9.17) is 9.84 Å². The minimum atomic E-state index is -1.05. The first-order valence-electron chi connectivity index (χ1n) is 7.76. The molecule has 24 heavy (non-hydrogen) atoms. The molecule has 0 spiro atoms. The normalized spacial score (nSPS) is 16.3. The lowest BCUT2D eigenvalue weighted by atomic mass is 10.0. The number of carboxylic acid groups (broad SMARTS) is 1. The van der Waals surface area contributed by atoms with Crippen molar-refractivity contribution in [2.45, 2.75) is 26.3 Å². The number of rotatable bonds is 4. The smallest absolute Gasteiger partial charge is 0.335 e. The number of hydrogen-bond donors (Lipinski definition) is 2. The molecular formula is C17H19N3O4. The van der Waals surface area contributed by atoms with Crippen molar-refractivity contribution in [3.63, 3.8) is 0 Å². The van der Waals surface area contributed by atoms with E-state index in [1.165, 1.54) is 25.3 Å². The molecule has 7 nitrogen and oxygen atoms in total. The molecule has 0 bridgehead atoms. The number of imidazole rings is 1. The summed E-state index contributed by atoms with van der Waals surface area (Å²) in [5.41, 5.74) is 0.853. The van der Waals surface area contributed by atoms with Gasteiger partial charge in [-0.15, -0.1) is 0 Å². The summed E-state index contributed by atoms with van der Waals surface area (Å²) in [7, 11) is 1.42. The van der Waals surface area contributed by atoms with Crippen LogP contribution in [0.5, 0.6) is 5.75 Å². The van der Waals surface area contributed by atoms with E-state index in [2.05, 4.69) is 17.2 Å².